The number of nitrogens with one attached hydrogen (secondary N) is 1. The molecule has 0 spiro atoms. The van der Waals surface area contributed by atoms with Gasteiger partial charge in [-0.05, 0) is 45.2 Å². The van der Waals surface area contributed by atoms with Gasteiger partial charge in [0.2, 0.25) is 10.0 Å². The van der Waals surface area contributed by atoms with Crippen LogP contribution >= 0.6 is 11.6 Å². The van der Waals surface area contributed by atoms with E-state index in [0.29, 0.717) is 49.3 Å². The highest BCUT2D eigenvalue weighted by molar-refractivity contribution is 7.89. The number of hydrogen-bond donors (Lipinski definition) is 1. The van der Waals surface area contributed by atoms with Gasteiger partial charge >= 0.3 is 6.09 Å². The number of carbonyl (C=O) groups is 1. The first-order valence-corrected chi connectivity index (χ1v) is 13.6. The van der Waals surface area contributed by atoms with Gasteiger partial charge in [-0.3, -0.25) is 0 Å². The average Bonchev–Trinajstić information content (AvgIpc) is 3.10. The number of ether oxygens (including phenoxy) is 1. The number of pyridine rings is 1. The number of likely N-dealkylation sites (tertiary alicyclic amines) is 1. The van der Waals surface area contributed by atoms with Crippen LogP contribution in [0.3, 0.4) is 0 Å². The highest BCUT2D eigenvalue weighted by Gasteiger charge is 2.40. The van der Waals surface area contributed by atoms with E-state index in [1.54, 1.807) is 20.8 Å². The first-order chi connectivity index (χ1) is 16.3. The Morgan fingerprint density at radius 1 is 1.29 bits per heavy atom. The molecule has 0 bridgehead atoms. The van der Waals surface area contributed by atoms with Gasteiger partial charge in [0.25, 0.3) is 0 Å². The van der Waals surface area contributed by atoms with Gasteiger partial charge in [0, 0.05) is 38.0 Å². The topological polar surface area (TPSA) is 108 Å². The molecule has 9 nitrogen and oxygen atoms in total. The molecule has 0 aromatic carbocycles. The molecule has 0 unspecified atom stereocenters. The Labute approximate surface area is 210 Å². The Hall–Kier alpha value is -2.24. The van der Waals surface area contributed by atoms with E-state index in [-0.39, 0.29) is 23.5 Å². The molecule has 2 aliphatic heterocycles. The van der Waals surface area contributed by atoms with E-state index in [1.807, 2.05) is 6.92 Å². The van der Waals surface area contributed by atoms with Crippen LogP contribution in [0.2, 0.25) is 5.15 Å². The quantitative estimate of drug-likeness (QED) is 0.632. The third-order valence-electron chi connectivity index (χ3n) is 6.34. The second kappa shape index (κ2) is 9.67. The van der Waals surface area contributed by atoms with Gasteiger partial charge in [-0.15, -0.1) is 0 Å². The molecular formula is C23H31ClFN5O4S. The Balaban J connectivity index is 1.34. The molecule has 0 aliphatic carbocycles. The van der Waals surface area contributed by atoms with Crippen LogP contribution < -0.4 is 0 Å². The summed E-state index contributed by atoms with van der Waals surface area (Å²) in [5.41, 5.74) is 0.639. The average molecular weight is 528 g/mol. The standard InChI is InChI=1S/C23H31ClFN5O4S/c1-14-10-30(35(32,33)13-15-11-29(12-15)22(31)34-23(2,3)4)8-7-17(14)19-20(24)28-21(27-19)18-6-5-16(25)9-26-18/h5-6,9,14-15,17H,7-8,10-13H2,1-4H3,(H,27,28)/t14-,17+/m0/s1. The molecule has 2 aromatic heterocycles. The zero-order valence-electron chi connectivity index (χ0n) is 20.3. The number of halogens is 2. The van der Waals surface area contributed by atoms with Crippen molar-refractivity contribution < 1.29 is 22.3 Å². The van der Waals surface area contributed by atoms with E-state index in [4.69, 9.17) is 16.3 Å². The van der Waals surface area contributed by atoms with Crippen LogP contribution in [0.15, 0.2) is 18.3 Å². The minimum Gasteiger partial charge on any atom is -0.444 e. The van der Waals surface area contributed by atoms with Gasteiger partial charge in [0.1, 0.15) is 17.1 Å². The number of amides is 1. The molecular weight excluding hydrogens is 497 g/mol. The summed E-state index contributed by atoms with van der Waals surface area (Å²) in [5, 5.41) is 0.316. The summed E-state index contributed by atoms with van der Waals surface area (Å²) >= 11 is 6.41. The molecule has 192 valence electrons. The summed E-state index contributed by atoms with van der Waals surface area (Å²) in [4.78, 5) is 25.2. The van der Waals surface area contributed by atoms with E-state index in [1.165, 1.54) is 21.3 Å². The summed E-state index contributed by atoms with van der Waals surface area (Å²) in [6, 6.07) is 2.83. The van der Waals surface area contributed by atoms with Crippen LogP contribution in [0, 0.1) is 17.7 Å². The van der Waals surface area contributed by atoms with E-state index >= 15 is 0 Å². The molecule has 2 aliphatic rings. The van der Waals surface area contributed by atoms with Gasteiger partial charge in [0.05, 0.1) is 17.6 Å². The Bertz CT molecular complexity index is 1180. The number of aromatic amines is 1. The second-order valence-corrected chi connectivity index (χ2v) is 12.8. The van der Waals surface area contributed by atoms with Gasteiger partial charge in [-0.25, -0.2) is 31.9 Å². The van der Waals surface area contributed by atoms with Crippen molar-refractivity contribution in [1.82, 2.24) is 24.2 Å². The largest absolute Gasteiger partial charge is 0.444 e. The lowest BCUT2D eigenvalue weighted by Gasteiger charge is -2.41. The van der Waals surface area contributed by atoms with Gasteiger partial charge in [-0.2, -0.15) is 0 Å². The molecule has 1 N–H and O–H groups in total. The number of H-pyrrole nitrogens is 1. The maximum atomic E-state index is 13.2. The Kier molecular flexibility index (Phi) is 7.14. The van der Waals surface area contributed by atoms with E-state index in [9.17, 15) is 17.6 Å². The fourth-order valence-corrected chi connectivity index (χ4v) is 6.73. The van der Waals surface area contributed by atoms with Crippen molar-refractivity contribution in [3.63, 3.8) is 0 Å². The fourth-order valence-electron chi connectivity index (χ4n) is 4.59. The van der Waals surface area contributed by atoms with Gasteiger partial charge in [-0.1, -0.05) is 18.5 Å². The van der Waals surface area contributed by atoms with Crippen molar-refractivity contribution in [3.8, 4) is 11.5 Å². The van der Waals surface area contributed by atoms with Crippen molar-refractivity contribution in [2.45, 2.75) is 45.6 Å². The molecule has 4 heterocycles. The zero-order valence-corrected chi connectivity index (χ0v) is 21.9. The van der Waals surface area contributed by atoms with Crippen LogP contribution in [-0.2, 0) is 14.8 Å². The summed E-state index contributed by atoms with van der Waals surface area (Å²) < 4.78 is 46.2. The number of imidazole rings is 1. The van der Waals surface area contributed by atoms with Crippen molar-refractivity contribution >= 4 is 27.7 Å². The summed E-state index contributed by atoms with van der Waals surface area (Å²) in [5.74, 6) is -0.0740. The number of piperidine rings is 1. The molecule has 12 heteroatoms. The van der Waals surface area contributed by atoms with Crippen molar-refractivity contribution in [2.75, 3.05) is 31.9 Å². The lowest BCUT2D eigenvalue weighted by atomic mass is 9.86. The predicted molar refractivity (Wildman–Crippen MR) is 130 cm³/mol. The van der Waals surface area contributed by atoms with Crippen LogP contribution in [0.4, 0.5) is 9.18 Å². The van der Waals surface area contributed by atoms with Crippen molar-refractivity contribution in [1.29, 1.82) is 0 Å². The summed E-state index contributed by atoms with van der Waals surface area (Å²) in [7, 11) is -3.47. The highest BCUT2D eigenvalue weighted by Crippen LogP contribution is 2.37. The third-order valence-corrected chi connectivity index (χ3v) is 8.64. The minimum absolute atomic E-state index is 0.00186. The number of carbonyl (C=O) groups excluding carboxylic acids is 1. The monoisotopic (exact) mass is 527 g/mol. The number of rotatable bonds is 5. The van der Waals surface area contributed by atoms with Crippen molar-refractivity contribution in [3.05, 3.63) is 35.0 Å². The molecule has 2 saturated heterocycles. The first-order valence-electron chi connectivity index (χ1n) is 11.7. The lowest BCUT2D eigenvalue weighted by molar-refractivity contribution is 0.00175. The normalized spacial score (nSPS) is 22.2. The maximum absolute atomic E-state index is 13.2. The molecule has 0 saturated carbocycles. The molecule has 2 fully saturated rings. The maximum Gasteiger partial charge on any atom is 0.410 e. The van der Waals surface area contributed by atoms with Gasteiger partial charge < -0.3 is 14.6 Å². The van der Waals surface area contributed by atoms with E-state index in [2.05, 4.69) is 15.0 Å². The molecule has 35 heavy (non-hydrogen) atoms. The van der Waals surface area contributed by atoms with E-state index in [0.717, 1.165) is 11.9 Å². The summed E-state index contributed by atoms with van der Waals surface area (Å²) in [6.45, 7) is 8.90. The smallest absolute Gasteiger partial charge is 0.410 e. The number of aromatic nitrogens is 3. The number of hydrogen-bond acceptors (Lipinski definition) is 6. The Morgan fingerprint density at radius 2 is 2.00 bits per heavy atom. The van der Waals surface area contributed by atoms with Gasteiger partial charge in [0.15, 0.2) is 11.0 Å². The number of nitrogens with zero attached hydrogens (tertiary/aromatic N) is 4. The SMILES string of the molecule is C[C@H]1CN(S(=O)(=O)CC2CN(C(=O)OC(C)(C)C)C2)CC[C@H]1c1[nH]c(-c2ccc(F)cn2)nc1Cl. The highest BCUT2D eigenvalue weighted by atomic mass is 35.5. The van der Waals surface area contributed by atoms with Crippen LogP contribution in [-0.4, -0.2) is 76.2 Å². The molecule has 0 radical (unpaired) electrons. The molecule has 1 amide bonds. The summed E-state index contributed by atoms with van der Waals surface area (Å²) in [6.07, 6.45) is 1.30. The molecule has 2 aromatic rings. The zero-order chi connectivity index (χ0) is 25.5. The molecule has 2 atom stereocenters. The van der Waals surface area contributed by atoms with Crippen LogP contribution in [0.1, 0.15) is 45.7 Å². The Morgan fingerprint density at radius 3 is 2.60 bits per heavy atom. The predicted octanol–water partition coefficient (Wildman–Crippen LogP) is 3.89. The second-order valence-electron chi connectivity index (χ2n) is 10.4. The fraction of sp³-hybridized carbons (Fsp3) is 0.609. The first kappa shape index (κ1) is 25.8. The minimum atomic E-state index is -3.47. The number of sulfonamides is 1. The van der Waals surface area contributed by atoms with Crippen molar-refractivity contribution in [2.24, 2.45) is 11.8 Å². The molecule has 4 rings (SSSR count). The lowest BCUT2D eigenvalue weighted by Crippen LogP contribution is -2.55. The van der Waals surface area contributed by atoms with E-state index < -0.39 is 27.5 Å². The van der Waals surface area contributed by atoms with Crippen LogP contribution in [0.25, 0.3) is 11.5 Å². The van der Waals surface area contributed by atoms with Crippen LogP contribution in [0.5, 0.6) is 0 Å². The third kappa shape index (κ3) is 5.95.